The average molecular weight is 361 g/mol. The third kappa shape index (κ3) is 16.6. The molecule has 0 spiro atoms. The lowest BCUT2D eigenvalue weighted by Gasteiger charge is -2.19. The summed E-state index contributed by atoms with van der Waals surface area (Å²) in [7, 11) is 0. The van der Waals surface area contributed by atoms with Crippen molar-refractivity contribution in [2.24, 2.45) is 0 Å². The highest BCUT2D eigenvalue weighted by molar-refractivity contribution is 5.77. The minimum Gasteiger partial charge on any atom is -0.463 e. The van der Waals surface area contributed by atoms with Crippen LogP contribution in [-0.4, -0.2) is 62.1 Å². The fourth-order valence-electron chi connectivity index (χ4n) is 1.44. The standard InChI is InChI=1S/C16H31N3O6/c1-15(2,3)24-13(21)18-8-7-17-9-10-23-12(20)11-19-14(22)25-16(4,5)6/h17H,7-11H2,1-6H3,(H,18,21)(H,19,22). The van der Waals surface area contributed by atoms with Gasteiger partial charge in [-0.2, -0.15) is 0 Å². The number of ether oxygens (including phenoxy) is 3. The molecule has 0 radical (unpaired) electrons. The van der Waals surface area contributed by atoms with E-state index in [1.807, 2.05) is 0 Å². The molecular weight excluding hydrogens is 330 g/mol. The van der Waals surface area contributed by atoms with Crippen LogP contribution in [0, 0.1) is 0 Å². The minimum atomic E-state index is -0.671. The van der Waals surface area contributed by atoms with Crippen molar-refractivity contribution < 1.29 is 28.6 Å². The van der Waals surface area contributed by atoms with Crippen molar-refractivity contribution in [3.8, 4) is 0 Å². The van der Waals surface area contributed by atoms with Gasteiger partial charge in [0.25, 0.3) is 0 Å². The molecule has 0 saturated heterocycles. The van der Waals surface area contributed by atoms with Gasteiger partial charge in [-0.05, 0) is 41.5 Å². The molecule has 9 nitrogen and oxygen atoms in total. The van der Waals surface area contributed by atoms with E-state index in [9.17, 15) is 14.4 Å². The Kier molecular flexibility index (Phi) is 9.88. The maximum absolute atomic E-state index is 11.4. The van der Waals surface area contributed by atoms with Crippen LogP contribution < -0.4 is 16.0 Å². The van der Waals surface area contributed by atoms with E-state index in [4.69, 9.17) is 14.2 Å². The zero-order valence-electron chi connectivity index (χ0n) is 16.0. The van der Waals surface area contributed by atoms with Gasteiger partial charge < -0.3 is 30.2 Å². The van der Waals surface area contributed by atoms with Crippen molar-refractivity contribution in [1.82, 2.24) is 16.0 Å². The Morgan fingerprint density at radius 3 is 1.80 bits per heavy atom. The quantitative estimate of drug-likeness (QED) is 0.338. The predicted octanol–water partition coefficient (Wildman–Crippen LogP) is 1.17. The summed E-state index contributed by atoms with van der Waals surface area (Å²) in [5, 5.41) is 7.91. The number of amides is 2. The molecule has 2 amide bonds. The van der Waals surface area contributed by atoms with Gasteiger partial charge in [-0.1, -0.05) is 0 Å². The van der Waals surface area contributed by atoms with Crippen LogP contribution in [-0.2, 0) is 19.0 Å². The molecule has 0 heterocycles. The zero-order chi connectivity index (χ0) is 19.5. The Morgan fingerprint density at radius 1 is 0.760 bits per heavy atom. The van der Waals surface area contributed by atoms with Crippen LogP contribution in [0.4, 0.5) is 9.59 Å². The molecule has 0 unspecified atom stereocenters. The predicted molar refractivity (Wildman–Crippen MR) is 92.3 cm³/mol. The van der Waals surface area contributed by atoms with Crippen LogP contribution in [0.1, 0.15) is 41.5 Å². The first kappa shape index (κ1) is 23.0. The molecule has 0 fully saturated rings. The number of hydrogen-bond donors (Lipinski definition) is 3. The first-order valence-corrected chi connectivity index (χ1v) is 8.19. The average Bonchev–Trinajstić information content (AvgIpc) is 2.40. The number of alkyl carbamates (subject to hydrolysis) is 2. The van der Waals surface area contributed by atoms with E-state index < -0.39 is 29.4 Å². The third-order valence-corrected chi connectivity index (χ3v) is 2.29. The number of rotatable bonds is 8. The fraction of sp³-hybridized carbons (Fsp3) is 0.812. The van der Waals surface area contributed by atoms with Crippen molar-refractivity contribution >= 4 is 18.2 Å². The zero-order valence-corrected chi connectivity index (χ0v) is 16.0. The molecule has 0 bridgehead atoms. The SMILES string of the molecule is CC(C)(C)OC(=O)NCCNCCOC(=O)CNC(=O)OC(C)(C)C. The molecule has 0 rings (SSSR count). The van der Waals surface area contributed by atoms with E-state index in [0.717, 1.165) is 0 Å². The van der Waals surface area contributed by atoms with Gasteiger partial charge >= 0.3 is 18.2 Å². The van der Waals surface area contributed by atoms with Gasteiger partial charge in [0, 0.05) is 19.6 Å². The van der Waals surface area contributed by atoms with Gasteiger partial charge in [0.1, 0.15) is 24.4 Å². The van der Waals surface area contributed by atoms with E-state index >= 15 is 0 Å². The molecule has 3 N–H and O–H groups in total. The molecule has 0 atom stereocenters. The molecule has 146 valence electrons. The van der Waals surface area contributed by atoms with Crippen LogP contribution in [0.2, 0.25) is 0 Å². The summed E-state index contributed by atoms with van der Waals surface area (Å²) >= 11 is 0. The number of carbonyl (C=O) groups excluding carboxylic acids is 3. The molecule has 0 aliphatic rings. The van der Waals surface area contributed by atoms with Gasteiger partial charge in [-0.25, -0.2) is 9.59 Å². The van der Waals surface area contributed by atoms with Crippen molar-refractivity contribution in [2.45, 2.75) is 52.7 Å². The van der Waals surface area contributed by atoms with Crippen LogP contribution in [0.15, 0.2) is 0 Å². The molecule has 0 saturated carbocycles. The fourth-order valence-corrected chi connectivity index (χ4v) is 1.44. The lowest BCUT2D eigenvalue weighted by atomic mass is 10.2. The molecule has 9 heteroatoms. The summed E-state index contributed by atoms with van der Waals surface area (Å²) in [6, 6.07) is 0. The van der Waals surface area contributed by atoms with Gasteiger partial charge in [-0.3, -0.25) is 4.79 Å². The molecule has 0 aromatic heterocycles. The summed E-state index contributed by atoms with van der Waals surface area (Å²) in [6.45, 7) is 11.8. The largest absolute Gasteiger partial charge is 0.463 e. The molecular formula is C16H31N3O6. The van der Waals surface area contributed by atoms with Gasteiger partial charge in [0.05, 0.1) is 0 Å². The first-order chi connectivity index (χ1) is 11.4. The molecule has 25 heavy (non-hydrogen) atoms. The number of nitrogens with one attached hydrogen (secondary N) is 3. The normalized spacial score (nSPS) is 11.4. The summed E-state index contributed by atoms with van der Waals surface area (Å²) in [6.07, 6.45) is -1.15. The lowest BCUT2D eigenvalue weighted by Crippen LogP contribution is -2.38. The maximum Gasteiger partial charge on any atom is 0.408 e. The third-order valence-electron chi connectivity index (χ3n) is 2.29. The molecule has 0 aromatic rings. The second-order valence-electron chi connectivity index (χ2n) is 7.25. The van der Waals surface area contributed by atoms with Gasteiger partial charge in [0.15, 0.2) is 0 Å². The Hall–Kier alpha value is -2.03. The Labute approximate surface area is 149 Å². The van der Waals surface area contributed by atoms with E-state index in [0.29, 0.717) is 19.6 Å². The monoisotopic (exact) mass is 361 g/mol. The number of hydrogen-bond acceptors (Lipinski definition) is 7. The highest BCUT2D eigenvalue weighted by Gasteiger charge is 2.17. The summed E-state index contributed by atoms with van der Waals surface area (Å²) < 4.78 is 15.0. The maximum atomic E-state index is 11.4. The lowest BCUT2D eigenvalue weighted by molar-refractivity contribution is -0.142. The van der Waals surface area contributed by atoms with Crippen LogP contribution in [0.5, 0.6) is 0 Å². The minimum absolute atomic E-state index is 0.154. The van der Waals surface area contributed by atoms with Crippen LogP contribution in [0.25, 0.3) is 0 Å². The van der Waals surface area contributed by atoms with E-state index in [-0.39, 0.29) is 13.2 Å². The van der Waals surface area contributed by atoms with Gasteiger partial charge in [0.2, 0.25) is 0 Å². The van der Waals surface area contributed by atoms with Crippen molar-refractivity contribution in [3.63, 3.8) is 0 Å². The van der Waals surface area contributed by atoms with E-state index in [1.165, 1.54) is 0 Å². The van der Waals surface area contributed by atoms with Crippen molar-refractivity contribution in [1.29, 1.82) is 0 Å². The smallest absolute Gasteiger partial charge is 0.408 e. The molecule has 0 aliphatic heterocycles. The van der Waals surface area contributed by atoms with Crippen LogP contribution in [0.3, 0.4) is 0 Å². The summed E-state index contributed by atoms with van der Waals surface area (Å²) in [5.41, 5.74) is -1.15. The summed E-state index contributed by atoms with van der Waals surface area (Å²) in [5.74, 6) is -0.556. The topological polar surface area (TPSA) is 115 Å². The number of esters is 1. The second kappa shape index (κ2) is 10.8. The first-order valence-electron chi connectivity index (χ1n) is 8.19. The van der Waals surface area contributed by atoms with Crippen molar-refractivity contribution in [3.05, 3.63) is 0 Å². The van der Waals surface area contributed by atoms with E-state index in [1.54, 1.807) is 41.5 Å². The van der Waals surface area contributed by atoms with E-state index in [2.05, 4.69) is 16.0 Å². The second-order valence-corrected chi connectivity index (χ2v) is 7.25. The Bertz CT molecular complexity index is 440. The van der Waals surface area contributed by atoms with Crippen LogP contribution >= 0.6 is 0 Å². The Balaban J connectivity index is 3.58. The van der Waals surface area contributed by atoms with Crippen molar-refractivity contribution in [2.75, 3.05) is 32.8 Å². The number of carbonyl (C=O) groups is 3. The van der Waals surface area contributed by atoms with Gasteiger partial charge in [-0.15, -0.1) is 0 Å². The molecule has 0 aliphatic carbocycles. The molecule has 0 aromatic carbocycles. The summed E-state index contributed by atoms with van der Waals surface area (Å²) in [4.78, 5) is 34.2. The highest BCUT2D eigenvalue weighted by atomic mass is 16.6. The Morgan fingerprint density at radius 2 is 1.28 bits per heavy atom. The highest BCUT2D eigenvalue weighted by Crippen LogP contribution is 2.06.